The lowest BCUT2D eigenvalue weighted by molar-refractivity contribution is -0.308. The minimum atomic E-state index is -2.44. The van der Waals surface area contributed by atoms with Crippen molar-refractivity contribution >= 4 is 17.8 Å². The highest BCUT2D eigenvalue weighted by Gasteiger charge is 2.51. The highest BCUT2D eigenvalue weighted by Crippen LogP contribution is 2.38. The molecule has 0 aromatic rings. The van der Waals surface area contributed by atoms with E-state index in [2.05, 4.69) is 10.1 Å². The second-order valence-corrected chi connectivity index (χ2v) is 19.0. The third-order valence-corrected chi connectivity index (χ3v) is 13.0. The smallest absolute Gasteiger partial charge is 0.330 e. The zero-order chi connectivity index (χ0) is 53.7. The van der Waals surface area contributed by atoms with Gasteiger partial charge in [0.25, 0.3) is 0 Å². The van der Waals surface area contributed by atoms with Gasteiger partial charge in [-0.2, -0.15) is 0 Å². The summed E-state index contributed by atoms with van der Waals surface area (Å²) < 4.78 is 28.2. The van der Waals surface area contributed by atoms with Gasteiger partial charge < -0.3 is 90.9 Å². The zero-order valence-corrected chi connectivity index (χ0v) is 41.7. The number of nitrogens with one attached hydrogen (secondary N) is 1. The van der Waals surface area contributed by atoms with Crippen LogP contribution in [0, 0.1) is 17.8 Å². The van der Waals surface area contributed by atoms with E-state index in [1.54, 1.807) is 86.8 Å². The first-order chi connectivity index (χ1) is 34.0. The van der Waals surface area contributed by atoms with Gasteiger partial charge in [0, 0.05) is 31.1 Å². The van der Waals surface area contributed by atoms with E-state index in [1.807, 2.05) is 13.0 Å². The summed E-state index contributed by atoms with van der Waals surface area (Å²) in [4.78, 5) is 38.9. The van der Waals surface area contributed by atoms with E-state index in [0.717, 1.165) is 7.11 Å². The fourth-order valence-corrected chi connectivity index (χ4v) is 8.56. The Labute approximate surface area is 421 Å². The van der Waals surface area contributed by atoms with Crippen molar-refractivity contribution in [1.29, 1.82) is 0 Å². The predicted octanol–water partition coefficient (Wildman–Crippen LogP) is -0.723. The average Bonchev–Trinajstić information content (AvgIpc) is 3.31. The molecule has 0 aromatic heterocycles. The second-order valence-electron chi connectivity index (χ2n) is 19.0. The van der Waals surface area contributed by atoms with Crippen molar-refractivity contribution in [2.24, 2.45) is 23.5 Å². The van der Waals surface area contributed by atoms with Crippen molar-refractivity contribution in [3.8, 4) is 0 Å². The lowest BCUT2D eigenvalue weighted by Gasteiger charge is -2.46. The van der Waals surface area contributed by atoms with Gasteiger partial charge in [0.05, 0.1) is 99.2 Å². The maximum atomic E-state index is 13.9. The van der Waals surface area contributed by atoms with Gasteiger partial charge in [0.15, 0.2) is 18.1 Å². The molecule has 408 valence electrons. The third kappa shape index (κ3) is 20.4. The maximum absolute atomic E-state index is 13.9. The van der Waals surface area contributed by atoms with Crippen LogP contribution in [0.1, 0.15) is 79.1 Å². The molecule has 3 aliphatic heterocycles. The van der Waals surface area contributed by atoms with E-state index < -0.39 is 159 Å². The van der Waals surface area contributed by atoms with Crippen LogP contribution in [0.5, 0.6) is 0 Å². The Morgan fingerprint density at radius 3 is 1.86 bits per heavy atom. The number of rotatable bonds is 6. The Morgan fingerprint density at radius 2 is 1.28 bits per heavy atom. The molecule has 2 saturated heterocycles. The van der Waals surface area contributed by atoms with E-state index in [4.69, 9.17) is 24.7 Å². The van der Waals surface area contributed by atoms with Gasteiger partial charge in [0.2, 0.25) is 5.91 Å². The average molecular weight is 1030 g/mol. The molecule has 72 heavy (non-hydrogen) atoms. The van der Waals surface area contributed by atoms with Crippen LogP contribution in [0.3, 0.4) is 0 Å². The van der Waals surface area contributed by atoms with Crippen LogP contribution >= 0.6 is 0 Å². The lowest BCUT2D eigenvalue weighted by atomic mass is 9.82. The number of esters is 2. The van der Waals surface area contributed by atoms with E-state index in [-0.39, 0.29) is 38.0 Å². The van der Waals surface area contributed by atoms with Gasteiger partial charge in [-0.05, 0) is 39.5 Å². The highest BCUT2D eigenvalue weighted by atomic mass is 16.7. The number of nitrogens with two attached hydrogens (primary N) is 1. The Bertz CT molecular complexity index is 1870. The summed E-state index contributed by atoms with van der Waals surface area (Å²) in [5.74, 6) is -7.55. The van der Waals surface area contributed by atoms with Crippen molar-refractivity contribution in [1.82, 2.24) is 5.32 Å². The highest BCUT2D eigenvalue weighted by molar-refractivity contribution is 5.86. The molecule has 0 aliphatic carbocycles. The number of fused-ring (bicyclic) bond motifs is 2. The van der Waals surface area contributed by atoms with E-state index in [1.165, 1.54) is 13.0 Å². The molecule has 3 aliphatic rings. The quantitative estimate of drug-likeness (QED) is 0.146. The topological polar surface area (TPSA) is 358 Å². The number of amides is 1. The first-order valence-corrected chi connectivity index (χ1v) is 24.5. The third-order valence-electron chi connectivity index (χ3n) is 13.0. The van der Waals surface area contributed by atoms with Crippen LogP contribution in [-0.4, -0.2) is 191 Å². The molecule has 20 atom stereocenters. The first-order valence-electron chi connectivity index (χ1n) is 24.5. The zero-order valence-electron chi connectivity index (χ0n) is 41.7. The van der Waals surface area contributed by atoms with Gasteiger partial charge in [-0.15, -0.1) is 0 Å². The number of methoxy groups -OCH3 is 1. The van der Waals surface area contributed by atoms with Gasteiger partial charge in [-0.25, -0.2) is 4.79 Å². The van der Waals surface area contributed by atoms with Crippen molar-refractivity contribution in [3.63, 3.8) is 0 Å². The summed E-state index contributed by atoms with van der Waals surface area (Å²) in [6.07, 6.45) is 2.40. The molecule has 0 saturated carbocycles. The number of hydrogen-bond donors (Lipinski definition) is 13. The number of carbonyl (C=O) groups excluding carboxylic acids is 3. The summed E-state index contributed by atoms with van der Waals surface area (Å²) in [5.41, 5.74) is 6.08. The Hall–Kier alpha value is -4.01. The molecule has 21 heteroatoms. The fourth-order valence-electron chi connectivity index (χ4n) is 8.56. The molecular formula is C51H80N2O19. The largest absolute Gasteiger partial charge is 0.467 e. The fraction of sp³-hybridized carbons (Fsp3) is 0.667. The van der Waals surface area contributed by atoms with Gasteiger partial charge in [0.1, 0.15) is 12.2 Å². The number of hydrogen-bond acceptors (Lipinski definition) is 20. The summed E-state index contributed by atoms with van der Waals surface area (Å²) in [6.45, 7) is 5.82. The SMILES string of the molecule is COC(=O)C(CO)NC(=O)[C@H]1[C@@H]2C[C@@H](O[C@H]3O[C@@H](C)[C@H](O)[C@@H](N)[C@H]3O)/C=C/C=C\C=C/C=C\C=C/C=C\C=C/[C@H](C)[C@@H](O)[C@@H](C)[C@H](C)OC(=O)C[C@H](O)C[C@H](O)C[C@H](O)CC[C@@H](O)[C@H](O)C[C@](O)(C[C@@H]1O)O2. The lowest BCUT2D eigenvalue weighted by Crippen LogP contribution is -2.62. The number of carbonyl (C=O) groups is 3. The second kappa shape index (κ2) is 31.0. The summed E-state index contributed by atoms with van der Waals surface area (Å²) >= 11 is 0. The molecule has 3 rings (SSSR count). The van der Waals surface area contributed by atoms with E-state index in [0.29, 0.717) is 0 Å². The molecule has 3 heterocycles. The monoisotopic (exact) mass is 1020 g/mol. The van der Waals surface area contributed by atoms with Gasteiger partial charge in [-0.1, -0.05) is 98.9 Å². The molecule has 0 aromatic carbocycles. The van der Waals surface area contributed by atoms with Crippen molar-refractivity contribution in [2.45, 2.75) is 183 Å². The number of allylic oxidation sites excluding steroid dienone is 12. The van der Waals surface area contributed by atoms with E-state index in [9.17, 15) is 70.6 Å². The summed E-state index contributed by atoms with van der Waals surface area (Å²) in [5, 5.41) is 122. The van der Waals surface area contributed by atoms with Gasteiger partial charge >= 0.3 is 11.9 Å². The molecule has 0 radical (unpaired) electrons. The number of aliphatic hydroxyl groups is 11. The molecule has 0 spiro atoms. The summed E-state index contributed by atoms with van der Waals surface area (Å²) in [7, 11) is 1.04. The van der Waals surface area contributed by atoms with Gasteiger partial charge in [-0.3, -0.25) is 9.59 Å². The van der Waals surface area contributed by atoms with E-state index >= 15 is 0 Å². The van der Waals surface area contributed by atoms with Crippen LogP contribution in [0.2, 0.25) is 0 Å². The molecule has 21 nitrogen and oxygen atoms in total. The molecule has 1 unspecified atom stereocenters. The molecule has 14 N–H and O–H groups in total. The minimum absolute atomic E-state index is 0.175. The number of cyclic esters (lactones) is 1. The maximum Gasteiger partial charge on any atom is 0.330 e. The van der Waals surface area contributed by atoms with Crippen molar-refractivity contribution < 1.29 is 94.2 Å². The molecular weight excluding hydrogens is 945 g/mol. The normalized spacial score (nSPS) is 42.5. The number of ether oxygens (including phenoxy) is 5. The van der Waals surface area contributed by atoms with Crippen LogP contribution in [0.15, 0.2) is 85.1 Å². The van der Waals surface area contributed by atoms with Crippen molar-refractivity contribution in [3.05, 3.63) is 85.1 Å². The Morgan fingerprint density at radius 1 is 0.722 bits per heavy atom. The predicted molar refractivity (Wildman–Crippen MR) is 260 cm³/mol. The minimum Gasteiger partial charge on any atom is -0.467 e. The number of aliphatic hydroxyl groups excluding tert-OH is 10. The first kappa shape index (κ1) is 62.3. The van der Waals surface area contributed by atoms with Crippen LogP contribution in [0.4, 0.5) is 0 Å². The summed E-state index contributed by atoms with van der Waals surface area (Å²) in [6, 6.07) is -2.75. The molecule has 2 fully saturated rings. The standard InChI is InChI=1S/C51H80N2O19/c1-29-18-16-14-12-10-8-6-7-9-11-13-15-17-19-36(71-50-47(64)44(52)46(63)32(4)70-50)25-41-43(48(65)53-37(28-54)49(66)68-5)40(60)27-51(67,72-41)26-39(59)38(58)21-20-33(55)22-34(56)23-35(57)24-42(61)69-31(3)30(2)45(29)62/h6-19,29-41,43-47,50,54-60,62-64,67H,20-28,52H2,1-5H3,(H,53,65)/b7-6-,10-8-,11-9-,14-12-,15-13-,18-16-,19-17+/t29-,30-,31-,32-,33+,34+,35+,36-,37?,38+,39+,40-,41-,43+,44+,45+,46-,47+,50+,51+/m0/s1. The van der Waals surface area contributed by atoms with Crippen LogP contribution in [0.25, 0.3) is 0 Å². The van der Waals surface area contributed by atoms with Crippen molar-refractivity contribution in [2.75, 3.05) is 13.7 Å². The van der Waals surface area contributed by atoms with Crippen LogP contribution < -0.4 is 11.1 Å². The molecule has 2 bridgehead atoms. The Balaban J connectivity index is 1.97. The molecule has 1 amide bonds. The Kier molecular flexibility index (Phi) is 26.8. The van der Waals surface area contributed by atoms with Crippen LogP contribution in [-0.2, 0) is 38.1 Å².